The Bertz CT molecular complexity index is 407. The molecule has 0 spiro atoms. The van der Waals surface area contributed by atoms with E-state index in [9.17, 15) is 0 Å². The maximum Gasteiger partial charge on any atom is 0.0440 e. The molecule has 2 aliphatic carbocycles. The van der Waals surface area contributed by atoms with Crippen molar-refractivity contribution in [1.82, 2.24) is 5.32 Å². The van der Waals surface area contributed by atoms with Crippen LogP contribution in [0.15, 0.2) is 24.3 Å². The van der Waals surface area contributed by atoms with E-state index < -0.39 is 0 Å². The van der Waals surface area contributed by atoms with E-state index in [2.05, 4.69) is 24.4 Å². The highest BCUT2D eigenvalue weighted by atomic mass is 35.5. The molecule has 2 aliphatic rings. The number of halogens is 1. The second-order valence-corrected chi connectivity index (χ2v) is 6.52. The average Bonchev–Trinajstić information content (AvgIpc) is 3.12. The molecule has 0 bridgehead atoms. The van der Waals surface area contributed by atoms with Gasteiger partial charge in [-0.3, -0.25) is 0 Å². The van der Waals surface area contributed by atoms with Crippen molar-refractivity contribution in [3.05, 3.63) is 34.9 Å². The predicted octanol–water partition coefficient (Wildman–Crippen LogP) is 4.22. The first-order valence-electron chi connectivity index (χ1n) is 7.22. The smallest absolute Gasteiger partial charge is 0.0440 e. The average molecular weight is 264 g/mol. The van der Waals surface area contributed by atoms with E-state index in [4.69, 9.17) is 11.6 Å². The van der Waals surface area contributed by atoms with Gasteiger partial charge in [0.25, 0.3) is 0 Å². The van der Waals surface area contributed by atoms with Gasteiger partial charge in [0.15, 0.2) is 0 Å². The molecule has 1 N–H and O–H groups in total. The lowest BCUT2D eigenvalue weighted by Crippen LogP contribution is -2.42. The summed E-state index contributed by atoms with van der Waals surface area (Å²) in [6, 6.07) is 9.00. The third-order valence-corrected chi connectivity index (χ3v) is 4.98. The molecule has 18 heavy (non-hydrogen) atoms. The van der Waals surface area contributed by atoms with Crippen LogP contribution in [0.25, 0.3) is 0 Å². The highest BCUT2D eigenvalue weighted by Gasteiger charge is 2.33. The highest BCUT2D eigenvalue weighted by Crippen LogP contribution is 2.40. The Labute approximate surface area is 115 Å². The van der Waals surface area contributed by atoms with Gasteiger partial charge in [-0.1, -0.05) is 36.7 Å². The van der Waals surface area contributed by atoms with E-state index in [1.165, 1.54) is 37.8 Å². The number of hydrogen-bond donors (Lipinski definition) is 1. The number of benzene rings is 1. The molecule has 0 aromatic heterocycles. The van der Waals surface area contributed by atoms with Crippen molar-refractivity contribution < 1.29 is 0 Å². The summed E-state index contributed by atoms with van der Waals surface area (Å²) in [5, 5.41) is 4.65. The topological polar surface area (TPSA) is 12.0 Å². The lowest BCUT2D eigenvalue weighted by Gasteiger charge is -2.37. The summed E-state index contributed by atoms with van der Waals surface area (Å²) in [4.78, 5) is 0. The van der Waals surface area contributed by atoms with Crippen molar-refractivity contribution >= 4 is 11.6 Å². The molecule has 1 aromatic carbocycles. The summed E-state index contributed by atoms with van der Waals surface area (Å²) >= 11 is 6.24. The van der Waals surface area contributed by atoms with E-state index in [1.54, 1.807) is 0 Å². The highest BCUT2D eigenvalue weighted by molar-refractivity contribution is 6.31. The molecule has 2 fully saturated rings. The van der Waals surface area contributed by atoms with Crippen molar-refractivity contribution in [3.63, 3.8) is 0 Å². The predicted molar refractivity (Wildman–Crippen MR) is 77.1 cm³/mol. The van der Waals surface area contributed by atoms with Gasteiger partial charge in [-0.2, -0.15) is 0 Å². The van der Waals surface area contributed by atoms with Crippen LogP contribution >= 0.6 is 11.6 Å². The Kier molecular flexibility index (Phi) is 3.63. The minimum Gasteiger partial charge on any atom is -0.314 e. The Hall–Kier alpha value is -0.530. The molecule has 1 aromatic rings. The summed E-state index contributed by atoms with van der Waals surface area (Å²) in [5.41, 5.74) is 1.34. The molecular weight excluding hydrogens is 242 g/mol. The molecule has 98 valence electrons. The Morgan fingerprint density at radius 2 is 2.00 bits per heavy atom. The minimum absolute atomic E-state index is 0.674. The fourth-order valence-corrected chi connectivity index (χ4v) is 3.32. The zero-order valence-electron chi connectivity index (χ0n) is 11.0. The minimum atomic E-state index is 0.674. The van der Waals surface area contributed by atoms with Crippen LogP contribution in [0, 0.1) is 11.8 Å². The summed E-state index contributed by atoms with van der Waals surface area (Å²) in [5.74, 6) is 2.55. The number of rotatable bonds is 5. The third-order valence-electron chi connectivity index (χ3n) is 4.64. The molecule has 1 nitrogen and oxygen atoms in total. The zero-order valence-corrected chi connectivity index (χ0v) is 11.8. The molecule has 2 saturated carbocycles. The van der Waals surface area contributed by atoms with Gasteiger partial charge in [0.2, 0.25) is 0 Å². The SMILES string of the molecule is CC(CNC1CC(c2ccccc2Cl)C1)C1CC1. The lowest BCUT2D eigenvalue weighted by atomic mass is 9.75. The molecule has 0 aliphatic heterocycles. The van der Waals surface area contributed by atoms with Gasteiger partial charge in [0.05, 0.1) is 0 Å². The molecule has 0 saturated heterocycles. The molecule has 3 rings (SSSR count). The van der Waals surface area contributed by atoms with Crippen LogP contribution < -0.4 is 5.32 Å². The fraction of sp³-hybridized carbons (Fsp3) is 0.625. The second kappa shape index (κ2) is 5.22. The van der Waals surface area contributed by atoms with E-state index in [0.29, 0.717) is 12.0 Å². The van der Waals surface area contributed by atoms with Crippen molar-refractivity contribution in [2.24, 2.45) is 11.8 Å². The van der Waals surface area contributed by atoms with Crippen LogP contribution in [-0.4, -0.2) is 12.6 Å². The van der Waals surface area contributed by atoms with Crippen LogP contribution in [0.3, 0.4) is 0 Å². The Morgan fingerprint density at radius 3 is 2.67 bits per heavy atom. The molecule has 0 radical (unpaired) electrons. The molecule has 1 atom stereocenters. The van der Waals surface area contributed by atoms with E-state index in [1.807, 2.05) is 12.1 Å². The van der Waals surface area contributed by atoms with Crippen LogP contribution in [0.5, 0.6) is 0 Å². The summed E-state index contributed by atoms with van der Waals surface area (Å²) in [6.45, 7) is 3.58. The van der Waals surface area contributed by atoms with E-state index >= 15 is 0 Å². The van der Waals surface area contributed by atoms with E-state index in [0.717, 1.165) is 16.9 Å². The van der Waals surface area contributed by atoms with Crippen LogP contribution in [-0.2, 0) is 0 Å². The van der Waals surface area contributed by atoms with Gasteiger partial charge in [-0.05, 0) is 61.6 Å². The second-order valence-electron chi connectivity index (χ2n) is 6.11. The van der Waals surface area contributed by atoms with Crippen molar-refractivity contribution in [2.45, 2.75) is 44.6 Å². The van der Waals surface area contributed by atoms with Crippen molar-refractivity contribution in [3.8, 4) is 0 Å². The van der Waals surface area contributed by atoms with Crippen LogP contribution in [0.4, 0.5) is 0 Å². The molecular formula is C16H22ClN. The van der Waals surface area contributed by atoms with Gasteiger partial charge in [0.1, 0.15) is 0 Å². The zero-order chi connectivity index (χ0) is 12.5. The number of hydrogen-bond acceptors (Lipinski definition) is 1. The van der Waals surface area contributed by atoms with Crippen molar-refractivity contribution in [2.75, 3.05) is 6.54 Å². The van der Waals surface area contributed by atoms with Gasteiger partial charge in [-0.15, -0.1) is 0 Å². The van der Waals surface area contributed by atoms with Gasteiger partial charge < -0.3 is 5.32 Å². The fourth-order valence-electron chi connectivity index (χ4n) is 3.03. The first kappa shape index (κ1) is 12.5. The molecule has 2 heteroatoms. The third kappa shape index (κ3) is 2.73. The maximum absolute atomic E-state index is 6.24. The Balaban J connectivity index is 1.44. The maximum atomic E-state index is 6.24. The summed E-state index contributed by atoms with van der Waals surface area (Å²) in [7, 11) is 0. The van der Waals surface area contributed by atoms with Crippen LogP contribution in [0.1, 0.15) is 44.1 Å². The standard InChI is InChI=1S/C16H22ClN/c1-11(12-6-7-12)10-18-14-8-13(9-14)15-4-2-3-5-16(15)17/h2-5,11-14,18H,6-10H2,1H3. The first-order chi connectivity index (χ1) is 8.74. The van der Waals surface area contributed by atoms with Gasteiger partial charge in [-0.25, -0.2) is 0 Å². The molecule has 1 unspecified atom stereocenters. The summed E-state index contributed by atoms with van der Waals surface area (Å²) < 4.78 is 0. The lowest BCUT2D eigenvalue weighted by molar-refractivity contribution is 0.273. The monoisotopic (exact) mass is 263 g/mol. The first-order valence-corrected chi connectivity index (χ1v) is 7.59. The molecule has 0 amide bonds. The largest absolute Gasteiger partial charge is 0.314 e. The Morgan fingerprint density at radius 1 is 1.28 bits per heavy atom. The quantitative estimate of drug-likeness (QED) is 0.839. The van der Waals surface area contributed by atoms with Crippen LogP contribution in [0.2, 0.25) is 5.02 Å². The van der Waals surface area contributed by atoms with Crippen molar-refractivity contribution in [1.29, 1.82) is 0 Å². The normalized spacial score (nSPS) is 28.8. The van der Waals surface area contributed by atoms with E-state index in [-0.39, 0.29) is 0 Å². The number of nitrogens with one attached hydrogen (secondary N) is 1. The summed E-state index contributed by atoms with van der Waals surface area (Å²) in [6.07, 6.45) is 5.41. The molecule has 0 heterocycles. The van der Waals surface area contributed by atoms with Gasteiger partial charge in [0, 0.05) is 11.1 Å². The van der Waals surface area contributed by atoms with Gasteiger partial charge >= 0.3 is 0 Å².